The Morgan fingerprint density at radius 3 is 2.55 bits per heavy atom. The van der Waals surface area contributed by atoms with Crippen molar-refractivity contribution in [2.75, 3.05) is 7.11 Å². The number of carbonyl (C=O) groups is 1. The van der Waals surface area contributed by atoms with Crippen molar-refractivity contribution in [3.05, 3.63) is 11.4 Å². The second-order valence-corrected chi connectivity index (χ2v) is 1.54. The van der Waals surface area contributed by atoms with E-state index in [2.05, 4.69) is 4.74 Å². The summed E-state index contributed by atoms with van der Waals surface area (Å²) >= 11 is 0. The number of hydrogen-bond acceptors (Lipinski definition) is 6. The number of ether oxygens (including phenoxy) is 1. The molecular weight excluding hydrogens is 148 g/mol. The smallest absolute Gasteiger partial charge is 0.352 e. The lowest BCUT2D eigenvalue weighted by molar-refractivity contribution is -0.135. The average molecular weight is 156 g/mol. The summed E-state index contributed by atoms with van der Waals surface area (Å²) in [6.45, 7) is 0. The summed E-state index contributed by atoms with van der Waals surface area (Å²) in [5.74, 6) is 3.82. The van der Waals surface area contributed by atoms with Gasteiger partial charge in [0.2, 0.25) is 0 Å². The summed E-state index contributed by atoms with van der Waals surface area (Å²) < 4.78 is 4.23. The Morgan fingerprint density at radius 2 is 2.27 bits per heavy atom. The minimum atomic E-state index is -0.817. The molecule has 0 aromatic carbocycles. The van der Waals surface area contributed by atoms with E-state index in [9.17, 15) is 4.79 Å². The number of methoxy groups -OCH3 is 1. The van der Waals surface area contributed by atoms with Gasteiger partial charge in [-0.05, 0) is 0 Å². The van der Waals surface area contributed by atoms with E-state index in [-0.39, 0.29) is 11.4 Å². The van der Waals surface area contributed by atoms with Crippen LogP contribution in [0.5, 0.6) is 0 Å². The molecule has 0 atom stereocenters. The molecule has 5 N–H and O–H groups in total. The van der Waals surface area contributed by atoms with Crippen LogP contribution >= 0.6 is 0 Å². The fraction of sp³-hybridized carbons (Fsp3) is 0.200. The Kier molecular flexibility index (Phi) is 3.48. The minimum absolute atomic E-state index is 0.209. The molecule has 0 aliphatic carbocycles. The second kappa shape index (κ2) is 4.14. The van der Waals surface area contributed by atoms with Crippen LogP contribution in [0.3, 0.4) is 0 Å². The van der Waals surface area contributed by atoms with Gasteiger partial charge in [0.15, 0.2) is 5.57 Å². The molecular formula is C5H8N4O2. The number of esters is 1. The van der Waals surface area contributed by atoms with Crippen LogP contribution in [0, 0.1) is 11.3 Å². The van der Waals surface area contributed by atoms with Crippen molar-refractivity contribution in [2.24, 2.45) is 11.6 Å². The molecule has 0 aromatic rings. The van der Waals surface area contributed by atoms with Crippen molar-refractivity contribution in [3.8, 4) is 6.07 Å². The van der Waals surface area contributed by atoms with Gasteiger partial charge in [-0.15, -0.1) is 0 Å². The van der Waals surface area contributed by atoms with Gasteiger partial charge in [-0.1, -0.05) is 0 Å². The third kappa shape index (κ3) is 2.15. The second-order valence-electron chi connectivity index (χ2n) is 1.54. The molecule has 0 saturated carbocycles. The van der Waals surface area contributed by atoms with Crippen molar-refractivity contribution in [3.63, 3.8) is 0 Å². The number of hydrogen-bond donors (Lipinski definition) is 3. The molecule has 0 bridgehead atoms. The zero-order valence-corrected chi connectivity index (χ0v) is 5.92. The maximum absolute atomic E-state index is 10.7. The first-order valence-corrected chi connectivity index (χ1v) is 2.62. The fourth-order valence-corrected chi connectivity index (χ4v) is 0.390. The van der Waals surface area contributed by atoms with Crippen molar-refractivity contribution < 1.29 is 9.53 Å². The van der Waals surface area contributed by atoms with Gasteiger partial charge in [0.1, 0.15) is 11.9 Å². The van der Waals surface area contributed by atoms with Gasteiger partial charge in [0.05, 0.1) is 7.11 Å². The molecule has 6 nitrogen and oxygen atoms in total. The molecule has 11 heavy (non-hydrogen) atoms. The average Bonchev–Trinajstić information content (AvgIpc) is 2.05. The Labute approximate surface area is 63.4 Å². The lowest BCUT2D eigenvalue weighted by atomic mass is 10.3. The number of hydrazine groups is 1. The van der Waals surface area contributed by atoms with Crippen LogP contribution in [0.25, 0.3) is 0 Å². The Hall–Kier alpha value is -1.74. The van der Waals surface area contributed by atoms with Crippen molar-refractivity contribution >= 4 is 5.97 Å². The quantitative estimate of drug-likeness (QED) is 0.144. The molecule has 0 fully saturated rings. The van der Waals surface area contributed by atoms with Gasteiger partial charge in [0.25, 0.3) is 0 Å². The lowest BCUT2D eigenvalue weighted by Crippen LogP contribution is -2.30. The van der Waals surface area contributed by atoms with Crippen LogP contribution in [0.1, 0.15) is 0 Å². The molecule has 0 unspecified atom stereocenters. The Bertz CT molecular complexity index is 227. The van der Waals surface area contributed by atoms with Gasteiger partial charge in [-0.2, -0.15) is 5.26 Å². The highest BCUT2D eigenvalue weighted by Gasteiger charge is 2.12. The summed E-state index contributed by atoms with van der Waals surface area (Å²) in [7, 11) is 1.14. The molecule has 0 spiro atoms. The highest BCUT2D eigenvalue weighted by atomic mass is 16.5. The lowest BCUT2D eigenvalue weighted by Gasteiger charge is -2.00. The first kappa shape index (κ1) is 9.26. The molecule has 0 heterocycles. The maximum atomic E-state index is 10.7. The van der Waals surface area contributed by atoms with E-state index < -0.39 is 5.97 Å². The van der Waals surface area contributed by atoms with E-state index in [4.69, 9.17) is 16.8 Å². The Balaban J connectivity index is 4.69. The van der Waals surface area contributed by atoms with Gasteiger partial charge < -0.3 is 15.9 Å². The number of nitrogens with one attached hydrogen (secondary N) is 1. The predicted octanol–water partition coefficient (Wildman–Crippen LogP) is -1.68. The van der Waals surface area contributed by atoms with Crippen LogP contribution in [-0.2, 0) is 9.53 Å². The Morgan fingerprint density at radius 1 is 1.73 bits per heavy atom. The van der Waals surface area contributed by atoms with E-state index in [1.165, 1.54) is 0 Å². The van der Waals surface area contributed by atoms with E-state index in [0.29, 0.717) is 0 Å². The van der Waals surface area contributed by atoms with Crippen molar-refractivity contribution in [2.45, 2.75) is 0 Å². The standard InChI is InChI=1S/C5H8N4O2/c1-11-5(10)3(2-6)4(7)9-8/h9H,7-8H2,1H3/b4-3-. The SMILES string of the molecule is COC(=O)/C(C#N)=C(/N)NN. The molecule has 6 heteroatoms. The van der Waals surface area contributed by atoms with Crippen LogP contribution in [0.15, 0.2) is 11.4 Å². The van der Waals surface area contributed by atoms with Crippen molar-refractivity contribution in [1.82, 2.24) is 5.43 Å². The maximum Gasteiger partial charge on any atom is 0.352 e. The van der Waals surface area contributed by atoms with E-state index in [0.717, 1.165) is 7.11 Å². The zero-order valence-electron chi connectivity index (χ0n) is 5.92. The highest BCUT2D eigenvalue weighted by Crippen LogP contribution is 1.95. The zero-order chi connectivity index (χ0) is 8.85. The van der Waals surface area contributed by atoms with E-state index in [1.54, 1.807) is 6.07 Å². The summed E-state index contributed by atoms with van der Waals surface area (Å²) in [4.78, 5) is 10.7. The number of nitrogens with zero attached hydrogens (tertiary/aromatic N) is 1. The molecule has 0 saturated heterocycles. The van der Waals surface area contributed by atoms with E-state index >= 15 is 0 Å². The molecule has 0 aromatic heterocycles. The van der Waals surface area contributed by atoms with Crippen LogP contribution in [-0.4, -0.2) is 13.1 Å². The van der Waals surface area contributed by atoms with Gasteiger partial charge in [-0.25, -0.2) is 10.6 Å². The normalized spacial score (nSPS) is 11.0. The molecule has 0 radical (unpaired) electrons. The fourth-order valence-electron chi connectivity index (χ4n) is 0.390. The number of nitriles is 1. The first-order valence-electron chi connectivity index (χ1n) is 2.62. The van der Waals surface area contributed by atoms with E-state index in [1.807, 2.05) is 5.43 Å². The molecule has 0 aliphatic rings. The monoisotopic (exact) mass is 156 g/mol. The van der Waals surface area contributed by atoms with Gasteiger partial charge in [-0.3, -0.25) is 0 Å². The van der Waals surface area contributed by atoms with Crippen LogP contribution in [0.4, 0.5) is 0 Å². The molecule has 60 valence electrons. The van der Waals surface area contributed by atoms with Crippen LogP contribution in [0.2, 0.25) is 0 Å². The highest BCUT2D eigenvalue weighted by molar-refractivity contribution is 5.93. The summed E-state index contributed by atoms with van der Waals surface area (Å²) in [5.41, 5.74) is 6.75. The molecule has 0 aliphatic heterocycles. The predicted molar refractivity (Wildman–Crippen MR) is 36.2 cm³/mol. The first-order chi connectivity index (χ1) is 5.17. The molecule has 0 amide bonds. The number of nitrogens with two attached hydrogens (primary N) is 2. The number of rotatable bonds is 2. The molecule has 0 rings (SSSR count). The summed E-state index contributed by atoms with van der Waals surface area (Å²) in [6, 6.07) is 1.54. The summed E-state index contributed by atoms with van der Waals surface area (Å²) in [5, 5.41) is 8.34. The van der Waals surface area contributed by atoms with Crippen molar-refractivity contribution in [1.29, 1.82) is 5.26 Å². The summed E-state index contributed by atoms with van der Waals surface area (Å²) in [6.07, 6.45) is 0. The van der Waals surface area contributed by atoms with Crippen LogP contribution < -0.4 is 17.0 Å². The van der Waals surface area contributed by atoms with Gasteiger partial charge in [0, 0.05) is 0 Å². The number of carbonyl (C=O) groups excluding carboxylic acids is 1. The largest absolute Gasteiger partial charge is 0.465 e. The topological polar surface area (TPSA) is 114 Å². The third-order valence-electron chi connectivity index (χ3n) is 0.926. The minimum Gasteiger partial charge on any atom is -0.465 e. The third-order valence-corrected chi connectivity index (χ3v) is 0.926. The van der Waals surface area contributed by atoms with Gasteiger partial charge >= 0.3 is 5.97 Å².